The molecule has 0 saturated carbocycles. The van der Waals surface area contributed by atoms with Crippen LogP contribution in [0.3, 0.4) is 0 Å². The van der Waals surface area contributed by atoms with Gasteiger partial charge in [-0.1, -0.05) is 5.16 Å². The summed E-state index contributed by atoms with van der Waals surface area (Å²) in [5, 5.41) is 10.8. The Kier molecular flexibility index (Phi) is 5.48. The SMILES string of the molecule is Cc1noc(C)c1CCCNC(=O)CCCn1cncn1. The largest absolute Gasteiger partial charge is 0.361 e. The van der Waals surface area contributed by atoms with Gasteiger partial charge in [-0.25, -0.2) is 4.98 Å². The summed E-state index contributed by atoms with van der Waals surface area (Å²) in [6, 6.07) is 0. The Morgan fingerprint density at radius 1 is 1.38 bits per heavy atom. The molecule has 2 heterocycles. The molecule has 0 aliphatic heterocycles. The number of hydrogen-bond acceptors (Lipinski definition) is 5. The molecule has 114 valence electrons. The normalized spacial score (nSPS) is 10.8. The topological polar surface area (TPSA) is 85.8 Å². The van der Waals surface area contributed by atoms with E-state index in [0.29, 0.717) is 19.5 Å². The second kappa shape index (κ2) is 7.56. The van der Waals surface area contributed by atoms with E-state index in [1.54, 1.807) is 11.0 Å². The van der Waals surface area contributed by atoms with Crippen LogP contribution in [0.2, 0.25) is 0 Å². The lowest BCUT2D eigenvalue weighted by Gasteiger charge is -2.05. The van der Waals surface area contributed by atoms with Crippen molar-refractivity contribution in [3.05, 3.63) is 29.7 Å². The number of nitrogens with one attached hydrogen (secondary N) is 1. The van der Waals surface area contributed by atoms with E-state index in [1.165, 1.54) is 6.33 Å². The first kappa shape index (κ1) is 15.2. The Bertz CT molecular complexity index is 542. The minimum absolute atomic E-state index is 0.0777. The molecule has 0 radical (unpaired) electrons. The average Bonchev–Trinajstić information content (AvgIpc) is 3.07. The molecule has 1 N–H and O–H groups in total. The van der Waals surface area contributed by atoms with Gasteiger partial charge in [0.2, 0.25) is 5.91 Å². The maximum Gasteiger partial charge on any atom is 0.220 e. The standard InChI is InChI=1S/C14H21N5O2/c1-11-13(12(2)21-18-11)5-3-7-16-14(20)6-4-8-19-10-15-9-17-19/h9-10H,3-8H2,1-2H3,(H,16,20). The molecule has 0 aliphatic rings. The highest BCUT2D eigenvalue weighted by Gasteiger charge is 2.08. The fraction of sp³-hybridized carbons (Fsp3) is 0.571. The van der Waals surface area contributed by atoms with Crippen molar-refractivity contribution < 1.29 is 9.32 Å². The molecule has 0 fully saturated rings. The van der Waals surface area contributed by atoms with Crippen LogP contribution in [-0.4, -0.2) is 32.4 Å². The molecule has 0 aliphatic carbocycles. The minimum atomic E-state index is 0.0777. The van der Waals surface area contributed by atoms with Gasteiger partial charge >= 0.3 is 0 Å². The van der Waals surface area contributed by atoms with Crippen molar-refractivity contribution in [1.82, 2.24) is 25.2 Å². The summed E-state index contributed by atoms with van der Waals surface area (Å²) in [6.45, 7) is 5.24. The summed E-state index contributed by atoms with van der Waals surface area (Å²) >= 11 is 0. The molecule has 0 bridgehead atoms. The van der Waals surface area contributed by atoms with E-state index in [0.717, 1.165) is 36.3 Å². The lowest BCUT2D eigenvalue weighted by atomic mass is 10.1. The number of carbonyl (C=O) groups excluding carboxylic acids is 1. The molecule has 2 aromatic rings. The van der Waals surface area contributed by atoms with Gasteiger partial charge in [0.1, 0.15) is 18.4 Å². The van der Waals surface area contributed by atoms with Crippen LogP contribution in [0.15, 0.2) is 17.2 Å². The quantitative estimate of drug-likeness (QED) is 0.743. The van der Waals surface area contributed by atoms with Gasteiger partial charge in [-0.05, 0) is 33.1 Å². The van der Waals surface area contributed by atoms with Crippen molar-refractivity contribution in [2.45, 2.75) is 46.1 Å². The third kappa shape index (κ3) is 4.70. The van der Waals surface area contributed by atoms with Crippen molar-refractivity contribution in [1.29, 1.82) is 0 Å². The van der Waals surface area contributed by atoms with Crippen LogP contribution in [0, 0.1) is 13.8 Å². The van der Waals surface area contributed by atoms with Gasteiger partial charge in [-0.15, -0.1) is 0 Å². The number of carbonyl (C=O) groups is 1. The lowest BCUT2D eigenvalue weighted by molar-refractivity contribution is -0.121. The van der Waals surface area contributed by atoms with Crippen molar-refractivity contribution in [3.63, 3.8) is 0 Å². The van der Waals surface area contributed by atoms with Crippen LogP contribution in [-0.2, 0) is 17.8 Å². The number of aryl methyl sites for hydroxylation is 3. The van der Waals surface area contributed by atoms with E-state index in [4.69, 9.17) is 4.52 Å². The first-order valence-electron chi connectivity index (χ1n) is 7.17. The summed E-state index contributed by atoms with van der Waals surface area (Å²) in [4.78, 5) is 15.5. The molecule has 7 heteroatoms. The van der Waals surface area contributed by atoms with Crippen molar-refractivity contribution >= 4 is 5.91 Å². The molecule has 0 aromatic carbocycles. The summed E-state index contributed by atoms with van der Waals surface area (Å²) in [6.07, 6.45) is 6.18. The minimum Gasteiger partial charge on any atom is -0.361 e. The number of hydrogen-bond donors (Lipinski definition) is 1. The van der Waals surface area contributed by atoms with E-state index >= 15 is 0 Å². The van der Waals surface area contributed by atoms with Gasteiger partial charge in [-0.3, -0.25) is 9.48 Å². The molecule has 0 spiro atoms. The molecule has 2 rings (SSSR count). The predicted molar refractivity (Wildman–Crippen MR) is 76.6 cm³/mol. The second-order valence-electron chi connectivity index (χ2n) is 5.02. The van der Waals surface area contributed by atoms with Crippen LogP contribution in [0.25, 0.3) is 0 Å². The Labute approximate surface area is 123 Å². The van der Waals surface area contributed by atoms with E-state index in [2.05, 4.69) is 20.6 Å². The van der Waals surface area contributed by atoms with E-state index < -0.39 is 0 Å². The number of rotatable bonds is 8. The Hall–Kier alpha value is -2.18. The average molecular weight is 291 g/mol. The second-order valence-corrected chi connectivity index (χ2v) is 5.02. The highest BCUT2D eigenvalue weighted by atomic mass is 16.5. The van der Waals surface area contributed by atoms with Crippen molar-refractivity contribution in [2.75, 3.05) is 6.54 Å². The van der Waals surface area contributed by atoms with Gasteiger partial charge in [-0.2, -0.15) is 5.10 Å². The summed E-state index contributed by atoms with van der Waals surface area (Å²) in [5.74, 6) is 0.945. The molecular weight excluding hydrogens is 270 g/mol. The third-order valence-electron chi connectivity index (χ3n) is 3.36. The van der Waals surface area contributed by atoms with Crippen molar-refractivity contribution in [3.8, 4) is 0 Å². The van der Waals surface area contributed by atoms with Gasteiger partial charge < -0.3 is 9.84 Å². The fourth-order valence-electron chi connectivity index (χ4n) is 2.19. The molecular formula is C14H21N5O2. The van der Waals surface area contributed by atoms with Gasteiger partial charge in [0.05, 0.1) is 5.69 Å². The molecule has 7 nitrogen and oxygen atoms in total. The van der Waals surface area contributed by atoms with E-state index in [-0.39, 0.29) is 5.91 Å². The van der Waals surface area contributed by atoms with Gasteiger partial charge in [0.15, 0.2) is 0 Å². The van der Waals surface area contributed by atoms with Gasteiger partial charge in [0, 0.05) is 25.1 Å². The summed E-state index contributed by atoms with van der Waals surface area (Å²) < 4.78 is 6.84. The third-order valence-corrected chi connectivity index (χ3v) is 3.36. The summed E-state index contributed by atoms with van der Waals surface area (Å²) in [5.41, 5.74) is 2.09. The zero-order valence-corrected chi connectivity index (χ0v) is 12.5. The lowest BCUT2D eigenvalue weighted by Crippen LogP contribution is -2.24. The molecule has 2 aromatic heterocycles. The smallest absolute Gasteiger partial charge is 0.220 e. The predicted octanol–water partition coefficient (Wildman–Crippen LogP) is 1.41. The Morgan fingerprint density at radius 3 is 2.90 bits per heavy atom. The van der Waals surface area contributed by atoms with Crippen LogP contribution < -0.4 is 5.32 Å². The van der Waals surface area contributed by atoms with Crippen LogP contribution in [0.1, 0.15) is 36.3 Å². The van der Waals surface area contributed by atoms with Crippen molar-refractivity contribution in [2.24, 2.45) is 0 Å². The zero-order chi connectivity index (χ0) is 15.1. The molecule has 0 unspecified atom stereocenters. The van der Waals surface area contributed by atoms with Crippen LogP contribution in [0.4, 0.5) is 0 Å². The Balaban J connectivity index is 1.57. The van der Waals surface area contributed by atoms with Crippen LogP contribution in [0.5, 0.6) is 0 Å². The van der Waals surface area contributed by atoms with E-state index in [1.807, 2.05) is 13.8 Å². The highest BCUT2D eigenvalue weighted by Crippen LogP contribution is 2.13. The molecule has 0 saturated heterocycles. The number of nitrogens with zero attached hydrogens (tertiary/aromatic N) is 4. The fourth-order valence-corrected chi connectivity index (χ4v) is 2.19. The van der Waals surface area contributed by atoms with Crippen LogP contribution >= 0.6 is 0 Å². The molecule has 0 atom stereocenters. The summed E-state index contributed by atoms with van der Waals surface area (Å²) in [7, 11) is 0. The Morgan fingerprint density at radius 2 is 2.24 bits per heavy atom. The maximum atomic E-state index is 11.7. The molecule has 21 heavy (non-hydrogen) atoms. The zero-order valence-electron chi connectivity index (χ0n) is 12.5. The maximum absolute atomic E-state index is 11.7. The van der Waals surface area contributed by atoms with Gasteiger partial charge in [0.25, 0.3) is 0 Å². The number of aromatic nitrogens is 4. The van der Waals surface area contributed by atoms with E-state index in [9.17, 15) is 4.79 Å². The highest BCUT2D eigenvalue weighted by molar-refractivity contribution is 5.75. The first-order valence-corrected chi connectivity index (χ1v) is 7.17. The number of amides is 1. The monoisotopic (exact) mass is 291 g/mol. The first-order chi connectivity index (χ1) is 10.2. The molecule has 1 amide bonds.